The van der Waals surface area contributed by atoms with Crippen LogP contribution in [0.5, 0.6) is 0 Å². The van der Waals surface area contributed by atoms with Gasteiger partial charge in [0, 0.05) is 16.5 Å². The molecule has 1 N–H and O–H groups in total. The molecule has 2 nitrogen and oxygen atoms in total. The van der Waals surface area contributed by atoms with E-state index in [1.807, 2.05) is 31.2 Å². The van der Waals surface area contributed by atoms with Crippen molar-refractivity contribution >= 4 is 35.0 Å². The second kappa shape index (κ2) is 7.53. The second-order valence-corrected chi connectivity index (χ2v) is 6.64. The van der Waals surface area contributed by atoms with Crippen molar-refractivity contribution in [2.75, 3.05) is 5.32 Å². The molecule has 0 aliphatic heterocycles. The molecule has 0 saturated carbocycles. The van der Waals surface area contributed by atoms with Crippen molar-refractivity contribution in [1.29, 1.82) is 0 Å². The van der Waals surface area contributed by atoms with E-state index in [2.05, 4.69) is 24.4 Å². The van der Waals surface area contributed by atoms with Crippen LogP contribution in [0.1, 0.15) is 18.1 Å². The monoisotopic (exact) mass is 319 g/mol. The van der Waals surface area contributed by atoms with E-state index in [-0.39, 0.29) is 11.2 Å². The van der Waals surface area contributed by atoms with Crippen LogP contribution in [0.2, 0.25) is 5.02 Å². The lowest BCUT2D eigenvalue weighted by Crippen LogP contribution is -2.22. The summed E-state index contributed by atoms with van der Waals surface area (Å²) in [7, 11) is 0. The van der Waals surface area contributed by atoms with Crippen LogP contribution in [0, 0.1) is 6.92 Å². The Hall–Kier alpha value is -1.45. The predicted molar refractivity (Wildman–Crippen MR) is 92.0 cm³/mol. The van der Waals surface area contributed by atoms with Crippen molar-refractivity contribution in [1.82, 2.24) is 0 Å². The molecular weight excluding hydrogens is 302 g/mol. The zero-order valence-corrected chi connectivity index (χ0v) is 13.7. The van der Waals surface area contributed by atoms with Gasteiger partial charge in [0.1, 0.15) is 0 Å². The van der Waals surface area contributed by atoms with E-state index in [1.54, 1.807) is 23.9 Å². The zero-order chi connectivity index (χ0) is 15.2. The molecule has 0 aromatic heterocycles. The van der Waals surface area contributed by atoms with E-state index in [1.165, 1.54) is 11.1 Å². The normalized spacial score (nSPS) is 12.0. The molecule has 0 aliphatic rings. The molecule has 0 spiro atoms. The smallest absolute Gasteiger partial charge is 0.237 e. The number of carbonyl (C=O) groups is 1. The highest BCUT2D eigenvalue weighted by Crippen LogP contribution is 2.22. The third-order valence-electron chi connectivity index (χ3n) is 3.21. The largest absolute Gasteiger partial charge is 0.325 e. The molecule has 2 aromatic rings. The van der Waals surface area contributed by atoms with Gasteiger partial charge in [0.2, 0.25) is 5.91 Å². The number of thioether (sulfide) groups is 1. The molecule has 0 heterocycles. The van der Waals surface area contributed by atoms with Gasteiger partial charge in [-0.2, -0.15) is 0 Å². The number of carbonyl (C=O) groups excluding carboxylic acids is 1. The van der Waals surface area contributed by atoms with Crippen molar-refractivity contribution in [3.05, 3.63) is 64.7 Å². The molecule has 1 atom stereocenters. The highest BCUT2D eigenvalue weighted by atomic mass is 35.5. The minimum Gasteiger partial charge on any atom is -0.325 e. The Labute approximate surface area is 134 Å². The molecule has 110 valence electrons. The summed E-state index contributed by atoms with van der Waals surface area (Å²) in [5, 5.41) is 3.39. The lowest BCUT2D eigenvalue weighted by Gasteiger charge is -2.13. The zero-order valence-electron chi connectivity index (χ0n) is 12.1. The molecular formula is C17H18ClNOS. The van der Waals surface area contributed by atoms with Gasteiger partial charge in [0.25, 0.3) is 0 Å². The minimum atomic E-state index is -0.122. The Morgan fingerprint density at radius 3 is 2.71 bits per heavy atom. The van der Waals surface area contributed by atoms with Crippen LogP contribution in [-0.2, 0) is 10.5 Å². The molecule has 1 amide bonds. The number of rotatable bonds is 5. The van der Waals surface area contributed by atoms with Gasteiger partial charge in [0.15, 0.2) is 0 Å². The molecule has 0 unspecified atom stereocenters. The van der Waals surface area contributed by atoms with Crippen LogP contribution >= 0.6 is 23.4 Å². The first-order chi connectivity index (χ1) is 10.1. The molecule has 0 radical (unpaired) electrons. The predicted octanol–water partition coefficient (Wildman–Crippen LogP) is 4.91. The van der Waals surface area contributed by atoms with E-state index < -0.39 is 0 Å². The topological polar surface area (TPSA) is 29.1 Å². The van der Waals surface area contributed by atoms with Crippen molar-refractivity contribution in [3.63, 3.8) is 0 Å². The first-order valence-electron chi connectivity index (χ1n) is 6.79. The molecule has 0 saturated heterocycles. The maximum atomic E-state index is 12.2. The van der Waals surface area contributed by atoms with Crippen molar-refractivity contribution in [2.24, 2.45) is 0 Å². The number of aryl methyl sites for hydroxylation is 1. The van der Waals surface area contributed by atoms with Gasteiger partial charge in [-0.15, -0.1) is 11.8 Å². The second-order valence-electron chi connectivity index (χ2n) is 4.88. The average molecular weight is 320 g/mol. The summed E-state index contributed by atoms with van der Waals surface area (Å²) < 4.78 is 0. The average Bonchev–Trinajstić information content (AvgIpc) is 2.46. The lowest BCUT2D eigenvalue weighted by molar-refractivity contribution is -0.115. The van der Waals surface area contributed by atoms with Gasteiger partial charge in [-0.3, -0.25) is 4.79 Å². The molecule has 0 fully saturated rings. The Bertz CT molecular complexity index is 630. The number of anilines is 1. The van der Waals surface area contributed by atoms with Gasteiger partial charge in [-0.1, -0.05) is 41.9 Å². The maximum Gasteiger partial charge on any atom is 0.237 e. The van der Waals surface area contributed by atoms with Crippen molar-refractivity contribution in [3.8, 4) is 0 Å². The summed E-state index contributed by atoms with van der Waals surface area (Å²) in [5.41, 5.74) is 3.26. The van der Waals surface area contributed by atoms with Crippen LogP contribution in [-0.4, -0.2) is 11.2 Å². The Morgan fingerprint density at radius 1 is 1.24 bits per heavy atom. The van der Waals surface area contributed by atoms with Gasteiger partial charge in [0.05, 0.1) is 5.25 Å². The summed E-state index contributed by atoms with van der Waals surface area (Å²) in [5.74, 6) is 0.826. The number of halogens is 1. The van der Waals surface area contributed by atoms with Crippen LogP contribution < -0.4 is 5.32 Å². The van der Waals surface area contributed by atoms with Crippen LogP contribution in [0.3, 0.4) is 0 Å². The fourth-order valence-electron chi connectivity index (χ4n) is 1.87. The first-order valence-corrected chi connectivity index (χ1v) is 8.21. The number of benzene rings is 2. The number of nitrogens with one attached hydrogen (secondary N) is 1. The molecule has 0 aliphatic carbocycles. The van der Waals surface area contributed by atoms with E-state index in [0.717, 1.165) is 11.4 Å². The molecule has 2 aromatic carbocycles. The highest BCUT2D eigenvalue weighted by Gasteiger charge is 2.14. The number of hydrogen-bond acceptors (Lipinski definition) is 2. The Morgan fingerprint density at radius 2 is 2.00 bits per heavy atom. The Kier molecular flexibility index (Phi) is 5.71. The van der Waals surface area contributed by atoms with E-state index in [4.69, 9.17) is 11.6 Å². The fourth-order valence-corrected chi connectivity index (χ4v) is 3.03. The van der Waals surface area contributed by atoms with E-state index >= 15 is 0 Å². The molecule has 0 bridgehead atoms. The third-order valence-corrected chi connectivity index (χ3v) is 4.64. The summed E-state index contributed by atoms with van der Waals surface area (Å²) in [6.45, 7) is 4.01. The summed E-state index contributed by atoms with van der Waals surface area (Å²) in [6, 6.07) is 15.4. The SMILES string of the molecule is Cc1ccccc1CS[C@H](C)C(=O)Nc1cccc(Cl)c1. The van der Waals surface area contributed by atoms with Crippen LogP contribution in [0.15, 0.2) is 48.5 Å². The highest BCUT2D eigenvalue weighted by molar-refractivity contribution is 7.99. The Balaban J connectivity index is 1.90. The van der Waals surface area contributed by atoms with Gasteiger partial charge < -0.3 is 5.32 Å². The van der Waals surface area contributed by atoms with Gasteiger partial charge >= 0.3 is 0 Å². The van der Waals surface area contributed by atoms with Crippen molar-refractivity contribution in [2.45, 2.75) is 24.9 Å². The molecule has 4 heteroatoms. The lowest BCUT2D eigenvalue weighted by atomic mass is 10.1. The number of hydrogen-bond donors (Lipinski definition) is 1. The van der Waals surface area contributed by atoms with Gasteiger partial charge in [-0.05, 0) is 43.2 Å². The summed E-state index contributed by atoms with van der Waals surface area (Å²) in [4.78, 5) is 12.2. The standard InChI is InChI=1S/C17H18ClNOS/c1-12-6-3-4-7-14(12)11-21-13(2)17(20)19-16-9-5-8-15(18)10-16/h3-10,13H,11H2,1-2H3,(H,19,20)/t13-/m1/s1. The van der Waals surface area contributed by atoms with E-state index in [9.17, 15) is 4.79 Å². The minimum absolute atomic E-state index is 0.00384. The fraction of sp³-hybridized carbons (Fsp3) is 0.235. The summed E-state index contributed by atoms with van der Waals surface area (Å²) >= 11 is 7.54. The quantitative estimate of drug-likeness (QED) is 0.848. The van der Waals surface area contributed by atoms with Crippen LogP contribution in [0.25, 0.3) is 0 Å². The van der Waals surface area contributed by atoms with Gasteiger partial charge in [-0.25, -0.2) is 0 Å². The summed E-state index contributed by atoms with van der Waals surface area (Å²) in [6.07, 6.45) is 0. The number of amides is 1. The van der Waals surface area contributed by atoms with Crippen LogP contribution in [0.4, 0.5) is 5.69 Å². The molecule has 21 heavy (non-hydrogen) atoms. The molecule has 2 rings (SSSR count). The first kappa shape index (κ1) is 15.9. The van der Waals surface area contributed by atoms with Crippen molar-refractivity contribution < 1.29 is 4.79 Å². The third kappa shape index (κ3) is 4.80. The maximum absolute atomic E-state index is 12.2. The van der Waals surface area contributed by atoms with E-state index in [0.29, 0.717) is 5.02 Å².